The molecule has 0 N–H and O–H groups in total. The lowest BCUT2D eigenvalue weighted by Gasteiger charge is -2.44. The third kappa shape index (κ3) is 6.60. The maximum atomic E-state index is 12.4. The van der Waals surface area contributed by atoms with E-state index in [1.165, 1.54) is 27.9 Å². The van der Waals surface area contributed by atoms with Crippen molar-refractivity contribution in [3.63, 3.8) is 0 Å². The highest BCUT2D eigenvalue weighted by molar-refractivity contribution is 5.81. The van der Waals surface area contributed by atoms with Crippen molar-refractivity contribution in [2.45, 2.75) is 90.3 Å². The van der Waals surface area contributed by atoms with Crippen molar-refractivity contribution in [1.82, 2.24) is 0 Å². The minimum atomic E-state index is -1.10. The van der Waals surface area contributed by atoms with Gasteiger partial charge >= 0.3 is 17.9 Å². The van der Waals surface area contributed by atoms with Crippen molar-refractivity contribution in [3.05, 3.63) is 29.3 Å². The predicted octanol–water partition coefficient (Wildman–Crippen LogP) is 3.25. The monoisotopic (exact) mass is 490 g/mol. The molecular formula is C26H34O9. The molecule has 3 rings (SSSR count). The molecule has 6 atom stereocenters. The minimum Gasteiger partial charge on any atom is -0.496 e. The van der Waals surface area contributed by atoms with E-state index < -0.39 is 48.4 Å². The maximum absolute atomic E-state index is 12.4. The van der Waals surface area contributed by atoms with Crippen LogP contribution in [0.25, 0.3) is 0 Å². The topological polar surface area (TPSA) is 114 Å². The van der Waals surface area contributed by atoms with E-state index in [1.54, 1.807) is 13.0 Å². The Balaban J connectivity index is 2.02. The summed E-state index contributed by atoms with van der Waals surface area (Å²) < 4.78 is 28.3. The number of hydrogen-bond donors (Lipinski definition) is 0. The van der Waals surface area contributed by atoms with Gasteiger partial charge in [0.1, 0.15) is 17.6 Å². The lowest BCUT2D eigenvalue weighted by atomic mass is 9.83. The first kappa shape index (κ1) is 26.7. The fraction of sp³-hybridized carbons (Fsp3) is 0.615. The van der Waals surface area contributed by atoms with Gasteiger partial charge in [-0.1, -0.05) is 12.5 Å². The van der Waals surface area contributed by atoms with Gasteiger partial charge in [0.05, 0.1) is 13.2 Å². The molecule has 0 bridgehead atoms. The van der Waals surface area contributed by atoms with Gasteiger partial charge in [0.15, 0.2) is 18.3 Å². The zero-order chi connectivity index (χ0) is 25.7. The van der Waals surface area contributed by atoms with Crippen molar-refractivity contribution in [3.8, 4) is 5.75 Å². The van der Waals surface area contributed by atoms with Gasteiger partial charge < -0.3 is 23.7 Å². The zero-order valence-electron chi connectivity index (χ0n) is 20.9. The summed E-state index contributed by atoms with van der Waals surface area (Å²) in [7, 11) is 1.52. The summed E-state index contributed by atoms with van der Waals surface area (Å²) in [4.78, 5) is 48.2. The van der Waals surface area contributed by atoms with Crippen molar-refractivity contribution < 1.29 is 42.9 Å². The molecule has 2 aliphatic rings. The van der Waals surface area contributed by atoms with Crippen LogP contribution < -0.4 is 4.74 Å². The minimum absolute atomic E-state index is 0.0393. The molecule has 1 heterocycles. The van der Waals surface area contributed by atoms with Crippen molar-refractivity contribution in [2.75, 3.05) is 7.11 Å². The molecule has 1 aromatic rings. The van der Waals surface area contributed by atoms with E-state index in [-0.39, 0.29) is 11.7 Å². The van der Waals surface area contributed by atoms with Gasteiger partial charge in [-0.25, -0.2) is 0 Å². The fourth-order valence-electron chi connectivity index (χ4n) is 4.95. The third-order valence-corrected chi connectivity index (χ3v) is 6.44. The lowest BCUT2D eigenvalue weighted by Crippen LogP contribution is -2.57. The van der Waals surface area contributed by atoms with Crippen LogP contribution in [0.1, 0.15) is 70.6 Å². The first-order chi connectivity index (χ1) is 16.6. The Kier molecular flexibility index (Phi) is 8.88. The smallest absolute Gasteiger partial charge is 0.303 e. The molecule has 0 aromatic heterocycles. The highest BCUT2D eigenvalue weighted by Gasteiger charge is 2.51. The molecule has 35 heavy (non-hydrogen) atoms. The first-order valence-electron chi connectivity index (χ1n) is 12.0. The number of benzene rings is 1. The van der Waals surface area contributed by atoms with Crippen molar-refractivity contribution in [1.29, 1.82) is 0 Å². The summed E-state index contributed by atoms with van der Waals surface area (Å²) >= 11 is 0. The quantitative estimate of drug-likeness (QED) is 0.420. The van der Waals surface area contributed by atoms with Gasteiger partial charge in [0.25, 0.3) is 0 Å². The predicted molar refractivity (Wildman–Crippen MR) is 124 cm³/mol. The Hall–Kier alpha value is -2.94. The molecule has 1 unspecified atom stereocenters. The van der Waals surface area contributed by atoms with Gasteiger partial charge in [-0.15, -0.1) is 0 Å². The summed E-state index contributed by atoms with van der Waals surface area (Å²) in [6.07, 6.45) is -0.735. The van der Waals surface area contributed by atoms with E-state index in [9.17, 15) is 19.2 Å². The highest BCUT2D eigenvalue weighted by Crippen LogP contribution is 2.41. The summed E-state index contributed by atoms with van der Waals surface area (Å²) in [5.74, 6) is -1.09. The second-order valence-corrected chi connectivity index (χ2v) is 9.17. The number of ether oxygens (including phenoxy) is 5. The number of ketones is 1. The van der Waals surface area contributed by atoms with Gasteiger partial charge in [-0.05, 0) is 43.9 Å². The second-order valence-electron chi connectivity index (χ2n) is 9.17. The summed E-state index contributed by atoms with van der Waals surface area (Å²) in [6, 6.07) is 5.57. The van der Waals surface area contributed by atoms with E-state index in [4.69, 9.17) is 23.7 Å². The average Bonchev–Trinajstić information content (AvgIpc) is 2.78. The SMILES string of the molecule is COc1ccc(CC2CCCCC2=O)cc1[C@H]1O[C@@H](C)[C@@H](OC(C)=O)[C@@H](OC(C)=O)[C@@H]1OC(C)=O. The van der Waals surface area contributed by atoms with Crippen molar-refractivity contribution >= 4 is 23.7 Å². The summed E-state index contributed by atoms with van der Waals surface area (Å²) in [6.45, 7) is 5.40. The van der Waals surface area contributed by atoms with Gasteiger partial charge in [-0.2, -0.15) is 0 Å². The standard InChI is InChI=1S/C26H34O9/c1-14-23(33-15(2)27)25(34-16(3)28)26(35-17(4)29)24(32-14)20-13-18(10-11-22(20)31-5)12-19-8-6-7-9-21(19)30/h10-11,13-14,19,23-26H,6-9,12H2,1-5H3/t14-,19?,23+,24+,25+,26+/m0/s1. The van der Waals surface area contributed by atoms with Gasteiger partial charge in [0.2, 0.25) is 0 Å². The van der Waals surface area contributed by atoms with Crippen LogP contribution in [-0.4, -0.2) is 55.2 Å². The molecule has 1 aliphatic carbocycles. The number of hydrogen-bond acceptors (Lipinski definition) is 9. The first-order valence-corrected chi connectivity index (χ1v) is 12.0. The Morgan fingerprint density at radius 2 is 1.57 bits per heavy atom. The van der Waals surface area contributed by atoms with Crippen molar-refractivity contribution in [2.24, 2.45) is 5.92 Å². The van der Waals surface area contributed by atoms with E-state index >= 15 is 0 Å². The highest BCUT2D eigenvalue weighted by atomic mass is 16.6. The summed E-state index contributed by atoms with van der Waals surface area (Å²) in [5.41, 5.74) is 1.51. The Morgan fingerprint density at radius 3 is 2.17 bits per heavy atom. The Labute approximate surface area is 205 Å². The van der Waals surface area contributed by atoms with Crippen LogP contribution in [0.5, 0.6) is 5.75 Å². The molecular weight excluding hydrogens is 456 g/mol. The number of carbonyl (C=O) groups excluding carboxylic acids is 4. The molecule has 9 heteroatoms. The maximum Gasteiger partial charge on any atom is 0.303 e. The zero-order valence-corrected chi connectivity index (χ0v) is 20.9. The number of Topliss-reactive ketones (excluding diaryl/α,β-unsaturated/α-hetero) is 1. The summed E-state index contributed by atoms with van der Waals surface area (Å²) in [5, 5.41) is 0. The average molecular weight is 491 g/mol. The molecule has 1 saturated heterocycles. The number of rotatable bonds is 7. The largest absolute Gasteiger partial charge is 0.496 e. The molecule has 0 spiro atoms. The van der Waals surface area contributed by atoms with Crippen LogP contribution >= 0.6 is 0 Å². The molecule has 1 aromatic carbocycles. The van der Waals surface area contributed by atoms with E-state index in [0.717, 1.165) is 24.8 Å². The molecule has 0 amide bonds. The molecule has 9 nitrogen and oxygen atoms in total. The molecule has 2 fully saturated rings. The van der Waals surface area contributed by atoms with E-state index in [1.807, 2.05) is 12.1 Å². The third-order valence-electron chi connectivity index (χ3n) is 6.44. The van der Waals surface area contributed by atoms with Crippen LogP contribution in [0.2, 0.25) is 0 Å². The fourth-order valence-corrected chi connectivity index (χ4v) is 4.95. The van der Waals surface area contributed by atoms with Gasteiger partial charge in [-0.3, -0.25) is 19.2 Å². The Morgan fingerprint density at radius 1 is 0.943 bits per heavy atom. The molecule has 1 aliphatic heterocycles. The number of esters is 3. The van der Waals surface area contributed by atoms with E-state index in [2.05, 4.69) is 0 Å². The van der Waals surface area contributed by atoms with Crippen LogP contribution in [0.4, 0.5) is 0 Å². The van der Waals surface area contributed by atoms with Crippen LogP contribution in [0.3, 0.4) is 0 Å². The number of carbonyl (C=O) groups is 4. The van der Waals surface area contributed by atoms with Crippen LogP contribution in [-0.2, 0) is 44.5 Å². The lowest BCUT2D eigenvalue weighted by molar-refractivity contribution is -0.245. The van der Waals surface area contributed by atoms with Crippen LogP contribution in [0, 0.1) is 5.92 Å². The molecule has 0 radical (unpaired) electrons. The molecule has 192 valence electrons. The molecule has 1 saturated carbocycles. The van der Waals surface area contributed by atoms with Crippen LogP contribution in [0.15, 0.2) is 18.2 Å². The normalized spacial score (nSPS) is 28.7. The van der Waals surface area contributed by atoms with Gasteiger partial charge in [0, 0.05) is 38.7 Å². The van der Waals surface area contributed by atoms with E-state index in [0.29, 0.717) is 24.2 Å². The number of methoxy groups -OCH3 is 1. The second kappa shape index (κ2) is 11.7. The Bertz CT molecular complexity index is 956.